The molecule has 0 spiro atoms. The Kier molecular flexibility index (Phi) is 3.40. The summed E-state index contributed by atoms with van der Waals surface area (Å²) in [5.74, 6) is -0.612. The second-order valence-corrected chi connectivity index (χ2v) is 4.32. The number of sulfonamides is 1. The van der Waals surface area contributed by atoms with Gasteiger partial charge in [0.1, 0.15) is 0 Å². The fourth-order valence-corrected chi connectivity index (χ4v) is 1.77. The van der Waals surface area contributed by atoms with Crippen molar-refractivity contribution in [3.8, 4) is 0 Å². The second kappa shape index (κ2) is 4.39. The number of amides is 1. The lowest BCUT2D eigenvalue weighted by Gasteiger charge is -2.04. The van der Waals surface area contributed by atoms with Crippen LogP contribution in [0.3, 0.4) is 0 Å². The van der Waals surface area contributed by atoms with Crippen LogP contribution < -0.4 is 10.6 Å². The zero-order valence-corrected chi connectivity index (χ0v) is 8.74. The van der Waals surface area contributed by atoms with Crippen LogP contribution in [-0.4, -0.2) is 21.4 Å². The van der Waals surface area contributed by atoms with Crippen molar-refractivity contribution >= 4 is 15.9 Å². The van der Waals surface area contributed by atoms with Crippen LogP contribution in [0.15, 0.2) is 29.2 Å². The van der Waals surface area contributed by atoms with E-state index in [1.807, 2.05) is 4.89 Å². The number of benzene rings is 1. The van der Waals surface area contributed by atoms with Gasteiger partial charge in [0.25, 0.3) is 10.0 Å². The zero-order valence-electron chi connectivity index (χ0n) is 7.93. The van der Waals surface area contributed by atoms with Crippen molar-refractivity contribution in [1.82, 2.24) is 4.89 Å². The molecule has 0 fully saturated rings. The predicted octanol–water partition coefficient (Wildman–Crippen LogP) is -0.375. The first-order valence-corrected chi connectivity index (χ1v) is 5.40. The molecule has 0 aliphatic heterocycles. The molecule has 15 heavy (non-hydrogen) atoms. The topological polar surface area (TPSA) is 98.5 Å². The molecule has 3 N–H and O–H groups in total. The van der Waals surface area contributed by atoms with Crippen LogP contribution in [-0.2, 0) is 14.9 Å². The number of hydrogen-bond acceptors (Lipinski definition) is 4. The summed E-state index contributed by atoms with van der Waals surface area (Å²) >= 11 is 0. The SMILES string of the molecule is CONS(=O)(=O)c1ccc(C(N)=O)cc1. The number of carbonyl (C=O) groups is 1. The molecule has 0 saturated carbocycles. The molecule has 0 heterocycles. The summed E-state index contributed by atoms with van der Waals surface area (Å²) < 4.78 is 22.7. The average molecular weight is 230 g/mol. The van der Waals surface area contributed by atoms with Gasteiger partial charge in [-0.2, -0.15) is 0 Å². The van der Waals surface area contributed by atoms with Crippen molar-refractivity contribution in [2.45, 2.75) is 4.90 Å². The normalized spacial score (nSPS) is 11.3. The Bertz CT molecular complexity index is 452. The quantitative estimate of drug-likeness (QED) is 0.689. The smallest absolute Gasteiger partial charge is 0.262 e. The molecule has 0 aliphatic carbocycles. The van der Waals surface area contributed by atoms with E-state index >= 15 is 0 Å². The van der Waals surface area contributed by atoms with Gasteiger partial charge in [0, 0.05) is 5.56 Å². The van der Waals surface area contributed by atoms with Crippen molar-refractivity contribution in [3.05, 3.63) is 29.8 Å². The Morgan fingerprint density at radius 3 is 2.27 bits per heavy atom. The third-order valence-electron chi connectivity index (χ3n) is 1.64. The number of carbonyl (C=O) groups excluding carboxylic acids is 1. The third-order valence-corrected chi connectivity index (χ3v) is 2.92. The average Bonchev–Trinajstić information content (AvgIpc) is 2.18. The van der Waals surface area contributed by atoms with Gasteiger partial charge in [0.2, 0.25) is 5.91 Å². The van der Waals surface area contributed by atoms with Crippen molar-refractivity contribution in [3.63, 3.8) is 0 Å². The summed E-state index contributed by atoms with van der Waals surface area (Å²) in [5.41, 5.74) is 5.24. The molecule has 1 aromatic rings. The molecule has 0 bridgehead atoms. The first-order valence-electron chi connectivity index (χ1n) is 3.92. The van der Waals surface area contributed by atoms with Gasteiger partial charge in [-0.05, 0) is 24.3 Å². The van der Waals surface area contributed by atoms with E-state index in [4.69, 9.17) is 5.73 Å². The summed E-state index contributed by atoms with van der Waals surface area (Å²) in [4.78, 5) is 16.9. The van der Waals surface area contributed by atoms with Crippen molar-refractivity contribution < 1.29 is 18.0 Å². The standard InChI is InChI=1S/C8H10N2O4S/c1-14-10-15(12,13)7-4-2-6(3-5-7)8(9)11/h2-5,10H,1H3,(H2,9,11). The Labute approximate surface area is 87.0 Å². The third kappa shape index (κ3) is 2.75. The zero-order chi connectivity index (χ0) is 11.5. The predicted molar refractivity (Wildman–Crippen MR) is 52.3 cm³/mol. The molecule has 0 aliphatic rings. The molecule has 1 aromatic carbocycles. The van der Waals surface area contributed by atoms with E-state index in [0.717, 1.165) is 0 Å². The molecule has 0 unspecified atom stereocenters. The van der Waals surface area contributed by atoms with Gasteiger partial charge in [0.15, 0.2) is 0 Å². The van der Waals surface area contributed by atoms with E-state index in [-0.39, 0.29) is 10.5 Å². The van der Waals surface area contributed by atoms with Crippen molar-refractivity contribution in [2.24, 2.45) is 5.73 Å². The molecule has 7 heteroatoms. The van der Waals surface area contributed by atoms with Gasteiger partial charge in [-0.15, -0.1) is 0 Å². The van der Waals surface area contributed by atoms with Crippen LogP contribution in [0, 0.1) is 0 Å². The number of nitrogens with one attached hydrogen (secondary N) is 1. The first kappa shape index (κ1) is 11.6. The van der Waals surface area contributed by atoms with Gasteiger partial charge < -0.3 is 5.73 Å². The maximum Gasteiger partial charge on any atom is 0.262 e. The fourth-order valence-electron chi connectivity index (χ4n) is 0.956. The van der Waals surface area contributed by atoms with Gasteiger partial charge in [-0.3, -0.25) is 9.63 Å². The van der Waals surface area contributed by atoms with Crippen LogP contribution >= 0.6 is 0 Å². The Morgan fingerprint density at radius 2 is 1.87 bits per heavy atom. The van der Waals surface area contributed by atoms with E-state index in [1.54, 1.807) is 0 Å². The van der Waals surface area contributed by atoms with Crippen molar-refractivity contribution in [1.29, 1.82) is 0 Å². The second-order valence-electron chi connectivity index (χ2n) is 2.68. The van der Waals surface area contributed by atoms with Crippen LogP contribution in [0.2, 0.25) is 0 Å². The summed E-state index contributed by atoms with van der Waals surface area (Å²) in [6.45, 7) is 0. The number of nitrogens with two attached hydrogens (primary N) is 1. The highest BCUT2D eigenvalue weighted by Gasteiger charge is 2.13. The van der Waals surface area contributed by atoms with Crippen molar-refractivity contribution in [2.75, 3.05) is 7.11 Å². The highest BCUT2D eigenvalue weighted by Crippen LogP contribution is 2.09. The monoisotopic (exact) mass is 230 g/mol. The van der Waals surface area contributed by atoms with E-state index in [9.17, 15) is 13.2 Å². The summed E-state index contributed by atoms with van der Waals surface area (Å²) in [6, 6.07) is 5.18. The Hall–Kier alpha value is -1.44. The van der Waals surface area contributed by atoms with E-state index in [2.05, 4.69) is 4.84 Å². The first-order chi connectivity index (χ1) is 6.97. The lowest BCUT2D eigenvalue weighted by atomic mass is 10.2. The molecular formula is C8H10N2O4S. The number of hydrogen-bond donors (Lipinski definition) is 2. The molecule has 82 valence electrons. The molecule has 1 rings (SSSR count). The largest absolute Gasteiger partial charge is 0.366 e. The maximum atomic E-state index is 11.4. The van der Waals surface area contributed by atoms with Crippen LogP contribution in [0.4, 0.5) is 0 Å². The summed E-state index contributed by atoms with van der Waals surface area (Å²) in [6.07, 6.45) is 0. The minimum absolute atomic E-state index is 0.00523. The molecule has 6 nitrogen and oxygen atoms in total. The summed E-state index contributed by atoms with van der Waals surface area (Å²) in [7, 11) is -2.49. The van der Waals surface area contributed by atoms with E-state index in [0.29, 0.717) is 0 Å². The van der Waals surface area contributed by atoms with E-state index in [1.165, 1.54) is 31.4 Å². The van der Waals surface area contributed by atoms with Gasteiger partial charge in [-0.1, -0.05) is 4.89 Å². The minimum Gasteiger partial charge on any atom is -0.366 e. The van der Waals surface area contributed by atoms with Crippen LogP contribution in [0.1, 0.15) is 10.4 Å². The Morgan fingerprint density at radius 1 is 1.33 bits per heavy atom. The highest BCUT2D eigenvalue weighted by atomic mass is 32.2. The van der Waals surface area contributed by atoms with Crippen LogP contribution in [0.25, 0.3) is 0 Å². The van der Waals surface area contributed by atoms with Gasteiger partial charge >= 0.3 is 0 Å². The Balaban J connectivity index is 3.04. The summed E-state index contributed by atoms with van der Waals surface area (Å²) in [5, 5.41) is 0. The van der Waals surface area contributed by atoms with Gasteiger partial charge in [-0.25, -0.2) is 8.42 Å². The molecular weight excluding hydrogens is 220 g/mol. The maximum absolute atomic E-state index is 11.4. The van der Waals surface area contributed by atoms with Crippen LogP contribution in [0.5, 0.6) is 0 Å². The minimum atomic E-state index is -3.68. The van der Waals surface area contributed by atoms with E-state index < -0.39 is 15.9 Å². The molecule has 0 saturated heterocycles. The molecule has 0 radical (unpaired) electrons. The molecule has 1 amide bonds. The molecule has 0 aromatic heterocycles. The fraction of sp³-hybridized carbons (Fsp3) is 0.125. The molecule has 0 atom stereocenters. The van der Waals surface area contributed by atoms with Gasteiger partial charge in [0.05, 0.1) is 12.0 Å². The number of primary amides is 1. The lowest BCUT2D eigenvalue weighted by molar-refractivity contribution is 0.1000. The highest BCUT2D eigenvalue weighted by molar-refractivity contribution is 7.89. The number of rotatable bonds is 4. The lowest BCUT2D eigenvalue weighted by Crippen LogP contribution is -2.22.